The number of hydrogen-bond acceptors (Lipinski definition) is 2. The van der Waals surface area contributed by atoms with Crippen molar-refractivity contribution in [2.24, 2.45) is 0 Å². The van der Waals surface area contributed by atoms with Crippen molar-refractivity contribution in [3.8, 4) is 0 Å². The number of thiocarbonyl (C=S) groups is 1. The quantitative estimate of drug-likeness (QED) is 0.290. The number of rotatable bonds is 4. The summed E-state index contributed by atoms with van der Waals surface area (Å²) in [6, 6.07) is 15.7. The highest BCUT2D eigenvalue weighted by Gasteiger charge is 2.11. The van der Waals surface area contributed by atoms with Crippen molar-refractivity contribution in [2.45, 2.75) is 0 Å². The molecule has 0 saturated heterocycles. The molecule has 148 valence electrons. The fourth-order valence-corrected chi connectivity index (χ4v) is 3.23. The average molecular weight is 469 g/mol. The highest BCUT2D eigenvalue weighted by Crippen LogP contribution is 2.33. The molecule has 3 aromatic carbocycles. The molecule has 0 atom stereocenters. The summed E-state index contributed by atoms with van der Waals surface area (Å²) in [6.07, 6.45) is 0. The minimum Gasteiger partial charge on any atom is -0.332 e. The fraction of sp³-hybridized carbons (Fsp3) is 0. The fourth-order valence-electron chi connectivity index (χ4n) is 2.40. The monoisotopic (exact) mass is 467 g/mol. The molecule has 1 amide bonds. The van der Waals surface area contributed by atoms with Crippen molar-refractivity contribution in [3.05, 3.63) is 87.1 Å². The van der Waals surface area contributed by atoms with Crippen LogP contribution in [0.3, 0.4) is 0 Å². The maximum atomic E-state index is 13.7. The van der Waals surface area contributed by atoms with Gasteiger partial charge in [-0.05, 0) is 60.7 Å². The van der Waals surface area contributed by atoms with E-state index < -0.39 is 11.7 Å². The van der Waals surface area contributed by atoms with E-state index >= 15 is 0 Å². The van der Waals surface area contributed by atoms with Crippen molar-refractivity contribution in [1.29, 1.82) is 0 Å². The van der Waals surface area contributed by atoms with Gasteiger partial charge in [-0.2, -0.15) is 0 Å². The van der Waals surface area contributed by atoms with Gasteiger partial charge in [-0.1, -0.05) is 46.9 Å². The highest BCUT2D eigenvalue weighted by molar-refractivity contribution is 7.80. The Kier molecular flexibility index (Phi) is 6.92. The van der Waals surface area contributed by atoms with Gasteiger partial charge in [-0.3, -0.25) is 4.79 Å². The minimum absolute atomic E-state index is 0.0274. The summed E-state index contributed by atoms with van der Waals surface area (Å²) in [4.78, 5) is 12.2. The largest absolute Gasteiger partial charge is 0.332 e. The SMILES string of the molecule is O=C(Nc1ccc(NC(=S)Nc2cc(Cl)c(Cl)c(Cl)c2)cc1)c1ccccc1F. The normalized spacial score (nSPS) is 10.3. The van der Waals surface area contributed by atoms with Gasteiger partial charge in [-0.15, -0.1) is 0 Å². The first-order valence-electron chi connectivity index (χ1n) is 8.22. The maximum Gasteiger partial charge on any atom is 0.258 e. The van der Waals surface area contributed by atoms with Crippen LogP contribution >= 0.6 is 47.0 Å². The van der Waals surface area contributed by atoms with Crippen molar-refractivity contribution in [1.82, 2.24) is 0 Å². The van der Waals surface area contributed by atoms with Crippen molar-refractivity contribution < 1.29 is 9.18 Å². The second kappa shape index (κ2) is 9.41. The second-order valence-electron chi connectivity index (χ2n) is 5.84. The number of hydrogen-bond donors (Lipinski definition) is 3. The van der Waals surface area contributed by atoms with E-state index in [0.29, 0.717) is 32.2 Å². The zero-order valence-electron chi connectivity index (χ0n) is 14.6. The van der Waals surface area contributed by atoms with E-state index in [0.717, 1.165) is 0 Å². The van der Waals surface area contributed by atoms with Crippen LogP contribution in [-0.2, 0) is 0 Å². The van der Waals surface area contributed by atoms with E-state index in [2.05, 4.69) is 16.0 Å². The summed E-state index contributed by atoms with van der Waals surface area (Å²) >= 11 is 23.2. The predicted molar refractivity (Wildman–Crippen MR) is 122 cm³/mol. The van der Waals surface area contributed by atoms with Gasteiger partial charge in [0.05, 0.1) is 20.6 Å². The van der Waals surface area contributed by atoms with E-state index in [9.17, 15) is 9.18 Å². The van der Waals surface area contributed by atoms with Crippen molar-refractivity contribution in [2.75, 3.05) is 16.0 Å². The number of halogens is 4. The maximum absolute atomic E-state index is 13.7. The van der Waals surface area contributed by atoms with Gasteiger partial charge in [0.1, 0.15) is 5.82 Å². The van der Waals surface area contributed by atoms with Gasteiger partial charge in [0, 0.05) is 17.1 Å². The molecule has 0 unspecified atom stereocenters. The topological polar surface area (TPSA) is 53.2 Å². The molecule has 0 radical (unpaired) electrons. The molecule has 9 heteroatoms. The molecule has 0 bridgehead atoms. The van der Waals surface area contributed by atoms with Gasteiger partial charge in [0.15, 0.2) is 5.11 Å². The van der Waals surface area contributed by atoms with Crippen LogP contribution in [0.25, 0.3) is 0 Å². The first kappa shape index (κ1) is 21.3. The van der Waals surface area contributed by atoms with Crippen molar-refractivity contribution in [3.63, 3.8) is 0 Å². The van der Waals surface area contributed by atoms with Gasteiger partial charge in [0.25, 0.3) is 5.91 Å². The molecule has 0 heterocycles. The Balaban J connectivity index is 1.61. The summed E-state index contributed by atoms with van der Waals surface area (Å²) in [5.41, 5.74) is 1.74. The van der Waals surface area contributed by atoms with E-state index in [1.807, 2.05) is 0 Å². The third-order valence-electron chi connectivity index (χ3n) is 3.76. The second-order valence-corrected chi connectivity index (χ2v) is 7.44. The standard InChI is InChI=1S/C20H13Cl3FN3OS/c21-15-9-13(10-16(22)18(15)23)27-20(29)26-12-7-5-11(6-8-12)25-19(28)14-3-1-2-4-17(14)24/h1-10H,(H,25,28)(H2,26,27,29). The number of nitrogens with one attached hydrogen (secondary N) is 3. The zero-order valence-corrected chi connectivity index (χ0v) is 17.7. The van der Waals surface area contributed by atoms with E-state index in [1.165, 1.54) is 18.2 Å². The summed E-state index contributed by atoms with van der Waals surface area (Å²) < 4.78 is 13.7. The third-order valence-corrected chi connectivity index (χ3v) is 5.16. The molecule has 0 fully saturated rings. The molecule has 4 nitrogen and oxygen atoms in total. The van der Waals surface area contributed by atoms with E-state index in [-0.39, 0.29) is 10.6 Å². The zero-order chi connectivity index (χ0) is 21.0. The van der Waals surface area contributed by atoms with Crippen LogP contribution in [0.2, 0.25) is 15.1 Å². The highest BCUT2D eigenvalue weighted by atomic mass is 35.5. The smallest absolute Gasteiger partial charge is 0.258 e. The third kappa shape index (κ3) is 5.58. The summed E-state index contributed by atoms with van der Waals surface area (Å²) in [5.74, 6) is -1.11. The van der Waals surface area contributed by atoms with Gasteiger partial charge in [0.2, 0.25) is 0 Å². The number of benzene rings is 3. The lowest BCUT2D eigenvalue weighted by molar-refractivity contribution is 0.102. The minimum atomic E-state index is -0.581. The molecule has 3 N–H and O–H groups in total. The Morgan fingerprint density at radius 2 is 1.31 bits per heavy atom. The summed E-state index contributed by atoms with van der Waals surface area (Å²) in [6.45, 7) is 0. The van der Waals surface area contributed by atoms with Crippen LogP contribution < -0.4 is 16.0 Å². The Labute approximate surface area is 187 Å². The Bertz CT molecular complexity index is 1050. The average Bonchev–Trinajstić information content (AvgIpc) is 2.67. The van der Waals surface area contributed by atoms with E-state index in [1.54, 1.807) is 42.5 Å². The van der Waals surface area contributed by atoms with Crippen LogP contribution in [0, 0.1) is 5.82 Å². The Morgan fingerprint density at radius 1 is 0.793 bits per heavy atom. The first-order valence-corrected chi connectivity index (χ1v) is 9.76. The molecule has 0 saturated carbocycles. The van der Waals surface area contributed by atoms with Crippen LogP contribution in [0.5, 0.6) is 0 Å². The van der Waals surface area contributed by atoms with E-state index in [4.69, 9.17) is 47.0 Å². The molecule has 29 heavy (non-hydrogen) atoms. The number of carbonyl (C=O) groups excluding carboxylic acids is 1. The molecule has 0 aliphatic heterocycles. The summed E-state index contributed by atoms with van der Waals surface area (Å²) in [5, 5.41) is 9.78. The van der Waals surface area contributed by atoms with Crippen LogP contribution in [0.4, 0.5) is 21.5 Å². The lowest BCUT2D eigenvalue weighted by atomic mass is 10.2. The Hall–Kier alpha value is -2.38. The van der Waals surface area contributed by atoms with Crippen LogP contribution in [0.15, 0.2) is 60.7 Å². The molecule has 3 aromatic rings. The Morgan fingerprint density at radius 3 is 1.90 bits per heavy atom. The lowest BCUT2D eigenvalue weighted by Crippen LogP contribution is -2.19. The van der Waals surface area contributed by atoms with Gasteiger partial charge >= 0.3 is 0 Å². The number of carbonyl (C=O) groups is 1. The first-order chi connectivity index (χ1) is 13.8. The van der Waals surface area contributed by atoms with Crippen molar-refractivity contribution >= 4 is 75.1 Å². The molecule has 0 aliphatic carbocycles. The molecule has 0 spiro atoms. The molecular weight excluding hydrogens is 456 g/mol. The predicted octanol–water partition coefficient (Wildman–Crippen LogP) is 6.85. The van der Waals surface area contributed by atoms with Crippen LogP contribution in [0.1, 0.15) is 10.4 Å². The number of amides is 1. The molecule has 0 aromatic heterocycles. The van der Waals surface area contributed by atoms with Gasteiger partial charge in [-0.25, -0.2) is 4.39 Å². The van der Waals surface area contributed by atoms with Gasteiger partial charge < -0.3 is 16.0 Å². The van der Waals surface area contributed by atoms with Crippen LogP contribution in [-0.4, -0.2) is 11.0 Å². The molecule has 3 rings (SSSR count). The summed E-state index contributed by atoms with van der Waals surface area (Å²) in [7, 11) is 0. The molecule has 0 aliphatic rings. The number of anilines is 3. The molecular formula is C20H13Cl3FN3OS. The lowest BCUT2D eigenvalue weighted by Gasteiger charge is -2.12.